The summed E-state index contributed by atoms with van der Waals surface area (Å²) < 4.78 is 8.50. The summed E-state index contributed by atoms with van der Waals surface area (Å²) in [5.74, 6) is 1.25. The molecule has 4 aliphatic rings. The number of rotatable bonds is 5. The van der Waals surface area contributed by atoms with Gasteiger partial charge in [-0.2, -0.15) is 0 Å². The van der Waals surface area contributed by atoms with Crippen LogP contribution in [0.1, 0.15) is 69.2 Å². The molecule has 154 valence electrons. The van der Waals surface area contributed by atoms with Gasteiger partial charge in [-0.3, -0.25) is 4.79 Å². The molecule has 1 N–H and O–H groups in total. The van der Waals surface area contributed by atoms with E-state index < -0.39 is 0 Å². The van der Waals surface area contributed by atoms with Gasteiger partial charge in [-0.05, 0) is 51.0 Å². The van der Waals surface area contributed by atoms with Gasteiger partial charge in [0.1, 0.15) is 11.3 Å². The minimum absolute atomic E-state index is 0.123. The quantitative estimate of drug-likeness (QED) is 0.839. The molecule has 1 amide bonds. The third-order valence-corrected chi connectivity index (χ3v) is 7.11. The molecular weight excluding hydrogens is 354 g/mol. The van der Waals surface area contributed by atoms with Crippen molar-refractivity contribution >= 4 is 5.91 Å². The van der Waals surface area contributed by atoms with Crippen LogP contribution in [-0.4, -0.2) is 51.0 Å². The maximum Gasteiger partial charge on any atom is 0.223 e. The smallest absolute Gasteiger partial charge is 0.223 e. The predicted octanol–water partition coefficient (Wildman–Crippen LogP) is 2.25. The van der Waals surface area contributed by atoms with E-state index in [9.17, 15) is 4.79 Å². The molecular formula is C21H33N5O2. The number of fused-ring (bicyclic) bond motifs is 1. The van der Waals surface area contributed by atoms with Crippen LogP contribution < -0.4 is 5.32 Å². The maximum absolute atomic E-state index is 11.9. The van der Waals surface area contributed by atoms with E-state index in [2.05, 4.69) is 20.5 Å². The Labute approximate surface area is 167 Å². The number of ether oxygens (including phenoxy) is 1. The number of amides is 1. The van der Waals surface area contributed by atoms with Crippen LogP contribution in [0.5, 0.6) is 0 Å². The van der Waals surface area contributed by atoms with Crippen LogP contribution in [0.4, 0.5) is 0 Å². The molecule has 5 rings (SSSR count). The first-order valence-corrected chi connectivity index (χ1v) is 11.3. The number of aromatic nitrogens is 3. The van der Waals surface area contributed by atoms with Crippen LogP contribution in [0.3, 0.4) is 0 Å². The van der Waals surface area contributed by atoms with E-state index in [-0.39, 0.29) is 17.4 Å². The van der Waals surface area contributed by atoms with Crippen LogP contribution in [-0.2, 0) is 29.2 Å². The number of hydrogen-bond acceptors (Lipinski definition) is 5. The Bertz CT molecular complexity index is 710. The lowest BCUT2D eigenvalue weighted by Gasteiger charge is -2.45. The normalized spacial score (nSPS) is 29.0. The lowest BCUT2D eigenvalue weighted by atomic mass is 9.86. The fraction of sp³-hybridized carbons (Fsp3) is 0.857. The van der Waals surface area contributed by atoms with Crippen molar-refractivity contribution in [1.29, 1.82) is 0 Å². The summed E-state index contributed by atoms with van der Waals surface area (Å²) in [5.41, 5.74) is 1.77. The van der Waals surface area contributed by atoms with Gasteiger partial charge in [0, 0.05) is 19.0 Å². The standard InChI is InChI=1S/C21H33N5O2/c27-20(17-7-8-17)22-11-18-19-13-28-21(15-26(19)24-23-18)9-4-10-25(14-21)12-16-5-2-1-3-6-16/h16-17H,1-15H2,(H,22,27). The zero-order valence-corrected chi connectivity index (χ0v) is 16.9. The van der Waals surface area contributed by atoms with E-state index >= 15 is 0 Å². The number of nitrogens with one attached hydrogen (secondary N) is 1. The Morgan fingerprint density at radius 3 is 2.82 bits per heavy atom. The summed E-state index contributed by atoms with van der Waals surface area (Å²) in [6, 6.07) is 0. The van der Waals surface area contributed by atoms with Crippen molar-refractivity contribution in [3.05, 3.63) is 11.4 Å². The molecule has 1 aromatic rings. The van der Waals surface area contributed by atoms with Gasteiger partial charge in [-0.15, -0.1) is 5.10 Å². The van der Waals surface area contributed by atoms with Gasteiger partial charge in [0.25, 0.3) is 0 Å². The summed E-state index contributed by atoms with van der Waals surface area (Å²) in [6.07, 6.45) is 11.4. The summed E-state index contributed by atoms with van der Waals surface area (Å²) in [4.78, 5) is 14.5. The maximum atomic E-state index is 11.9. The number of nitrogens with zero attached hydrogens (tertiary/aromatic N) is 4. The Hall–Kier alpha value is -1.47. The predicted molar refractivity (Wildman–Crippen MR) is 104 cm³/mol. The van der Waals surface area contributed by atoms with Crippen LogP contribution in [0.2, 0.25) is 0 Å². The molecule has 0 bridgehead atoms. The van der Waals surface area contributed by atoms with Crippen molar-refractivity contribution in [1.82, 2.24) is 25.2 Å². The van der Waals surface area contributed by atoms with Gasteiger partial charge in [-0.1, -0.05) is 24.5 Å². The van der Waals surface area contributed by atoms with Gasteiger partial charge in [0.15, 0.2) is 0 Å². The van der Waals surface area contributed by atoms with Crippen LogP contribution in [0, 0.1) is 11.8 Å². The van der Waals surface area contributed by atoms with E-state index in [0.29, 0.717) is 13.2 Å². The van der Waals surface area contributed by atoms with Gasteiger partial charge >= 0.3 is 0 Å². The first kappa shape index (κ1) is 18.6. The Morgan fingerprint density at radius 1 is 1.14 bits per heavy atom. The second-order valence-electron chi connectivity index (χ2n) is 9.45. The molecule has 7 heteroatoms. The Balaban J connectivity index is 1.20. The summed E-state index contributed by atoms with van der Waals surface area (Å²) >= 11 is 0. The molecule has 1 unspecified atom stereocenters. The zero-order chi connectivity index (χ0) is 19.0. The number of hydrogen-bond donors (Lipinski definition) is 1. The summed E-state index contributed by atoms with van der Waals surface area (Å²) in [5, 5.41) is 11.7. The average Bonchev–Trinajstić information content (AvgIpc) is 3.49. The molecule has 3 fully saturated rings. The van der Waals surface area contributed by atoms with Crippen LogP contribution >= 0.6 is 0 Å². The third kappa shape index (κ3) is 3.96. The number of likely N-dealkylation sites (tertiary alicyclic amines) is 1. The highest BCUT2D eigenvalue weighted by molar-refractivity contribution is 5.80. The van der Waals surface area contributed by atoms with Gasteiger partial charge in [0.05, 0.1) is 25.4 Å². The fourth-order valence-electron chi connectivity index (χ4n) is 5.32. The largest absolute Gasteiger partial charge is 0.365 e. The van der Waals surface area contributed by atoms with E-state index in [1.807, 2.05) is 4.68 Å². The Morgan fingerprint density at radius 2 is 2.00 bits per heavy atom. The molecule has 2 aliphatic carbocycles. The molecule has 0 aromatic carbocycles. The Kier molecular flexibility index (Phi) is 5.13. The molecule has 28 heavy (non-hydrogen) atoms. The van der Waals surface area contributed by atoms with Crippen molar-refractivity contribution in [2.24, 2.45) is 11.8 Å². The highest BCUT2D eigenvalue weighted by atomic mass is 16.5. The number of carbonyl (C=O) groups is 1. The second kappa shape index (κ2) is 7.75. The van der Waals surface area contributed by atoms with Gasteiger partial charge in [0.2, 0.25) is 5.91 Å². The first-order valence-electron chi connectivity index (χ1n) is 11.3. The van der Waals surface area contributed by atoms with E-state index in [4.69, 9.17) is 4.74 Å². The second-order valence-corrected chi connectivity index (χ2v) is 9.45. The minimum atomic E-state index is -0.123. The van der Waals surface area contributed by atoms with Gasteiger partial charge < -0.3 is 15.0 Å². The minimum Gasteiger partial charge on any atom is -0.365 e. The number of carbonyl (C=O) groups excluding carboxylic acids is 1. The molecule has 1 spiro atoms. The molecule has 3 heterocycles. The fourth-order valence-corrected chi connectivity index (χ4v) is 5.32. The SMILES string of the molecule is O=C(NCc1nnn2c1COC1(CCCN(CC3CCCCC3)C1)C2)C1CC1. The molecule has 1 saturated heterocycles. The van der Waals surface area contributed by atoms with E-state index in [1.165, 1.54) is 51.6 Å². The van der Waals surface area contributed by atoms with Crippen LogP contribution in [0.15, 0.2) is 0 Å². The van der Waals surface area contributed by atoms with Crippen molar-refractivity contribution in [2.75, 3.05) is 19.6 Å². The molecule has 7 nitrogen and oxygen atoms in total. The van der Waals surface area contributed by atoms with Crippen LogP contribution in [0.25, 0.3) is 0 Å². The van der Waals surface area contributed by atoms with Crippen molar-refractivity contribution < 1.29 is 9.53 Å². The van der Waals surface area contributed by atoms with Crippen molar-refractivity contribution in [2.45, 2.75) is 83.1 Å². The van der Waals surface area contributed by atoms with E-state index in [1.54, 1.807) is 0 Å². The third-order valence-electron chi connectivity index (χ3n) is 7.11. The summed E-state index contributed by atoms with van der Waals surface area (Å²) in [7, 11) is 0. The molecule has 1 atom stereocenters. The topological polar surface area (TPSA) is 72.3 Å². The monoisotopic (exact) mass is 387 g/mol. The number of piperidine rings is 1. The highest BCUT2D eigenvalue weighted by Crippen LogP contribution is 2.34. The van der Waals surface area contributed by atoms with Crippen molar-refractivity contribution in [3.8, 4) is 0 Å². The van der Waals surface area contributed by atoms with Crippen molar-refractivity contribution in [3.63, 3.8) is 0 Å². The lowest BCUT2D eigenvalue weighted by Crippen LogP contribution is -2.55. The van der Waals surface area contributed by atoms with Gasteiger partial charge in [-0.25, -0.2) is 4.68 Å². The molecule has 1 aromatic heterocycles. The zero-order valence-electron chi connectivity index (χ0n) is 16.9. The molecule has 2 saturated carbocycles. The van der Waals surface area contributed by atoms with E-state index in [0.717, 1.165) is 49.7 Å². The summed E-state index contributed by atoms with van der Waals surface area (Å²) in [6.45, 7) is 5.25. The average molecular weight is 388 g/mol. The molecule has 0 radical (unpaired) electrons. The first-order chi connectivity index (χ1) is 13.7. The lowest BCUT2D eigenvalue weighted by molar-refractivity contribution is -0.130. The highest BCUT2D eigenvalue weighted by Gasteiger charge is 2.41. The molecule has 2 aliphatic heterocycles.